The molecule has 0 aliphatic heterocycles. The molecule has 0 aliphatic carbocycles. The van der Waals surface area contributed by atoms with Gasteiger partial charge in [-0.1, -0.05) is 0 Å². The van der Waals surface area contributed by atoms with Gasteiger partial charge < -0.3 is 25.3 Å². The van der Waals surface area contributed by atoms with Crippen LogP contribution in [0.15, 0.2) is 0 Å². The number of nitrogens with zero attached hydrogens (tertiary/aromatic N) is 1. The van der Waals surface area contributed by atoms with E-state index >= 15 is 0 Å². The minimum absolute atomic E-state index is 0.133. The SMILES string of the molecule is CN(C)CCCC(=O)[C@H](O)[C@H](O)[C@H](O)CO. The van der Waals surface area contributed by atoms with Crippen LogP contribution >= 0.6 is 0 Å². The lowest BCUT2D eigenvalue weighted by Gasteiger charge is -2.20. The maximum absolute atomic E-state index is 11.4. The van der Waals surface area contributed by atoms with Crippen LogP contribution in [-0.4, -0.2) is 76.7 Å². The van der Waals surface area contributed by atoms with Crippen molar-refractivity contribution in [1.82, 2.24) is 4.90 Å². The third-order valence-corrected chi connectivity index (χ3v) is 2.26. The van der Waals surface area contributed by atoms with Crippen molar-refractivity contribution >= 4 is 5.78 Å². The van der Waals surface area contributed by atoms with Crippen molar-refractivity contribution in [3.63, 3.8) is 0 Å². The molecule has 6 heteroatoms. The zero-order chi connectivity index (χ0) is 12.7. The van der Waals surface area contributed by atoms with Gasteiger partial charge in [0.15, 0.2) is 5.78 Å². The Morgan fingerprint density at radius 1 is 1.25 bits per heavy atom. The van der Waals surface area contributed by atoms with Crippen molar-refractivity contribution in [1.29, 1.82) is 0 Å². The first-order chi connectivity index (χ1) is 7.40. The predicted octanol–water partition coefficient (Wildman–Crippen LogP) is -2.03. The van der Waals surface area contributed by atoms with E-state index in [0.717, 1.165) is 0 Å². The first-order valence-corrected chi connectivity index (χ1v) is 5.22. The zero-order valence-corrected chi connectivity index (χ0v) is 9.70. The van der Waals surface area contributed by atoms with Crippen LogP contribution in [-0.2, 0) is 4.79 Å². The van der Waals surface area contributed by atoms with Crippen LogP contribution in [0.2, 0.25) is 0 Å². The Bertz CT molecular complexity index is 209. The standard InChI is InChI=1S/C10H21NO5/c1-11(2)5-3-4-7(13)9(15)10(16)8(14)6-12/h8-10,12,14-16H,3-6H2,1-2H3/t8-,9+,10-/m1/s1. The molecule has 0 fully saturated rings. The summed E-state index contributed by atoms with van der Waals surface area (Å²) in [6.07, 6.45) is -4.05. The summed E-state index contributed by atoms with van der Waals surface area (Å²) in [5.74, 6) is -0.526. The molecule has 0 heterocycles. The lowest BCUT2D eigenvalue weighted by molar-refractivity contribution is -0.140. The summed E-state index contributed by atoms with van der Waals surface area (Å²) >= 11 is 0. The van der Waals surface area contributed by atoms with Gasteiger partial charge in [0, 0.05) is 6.42 Å². The Morgan fingerprint density at radius 2 is 1.81 bits per heavy atom. The molecular weight excluding hydrogens is 214 g/mol. The fourth-order valence-electron chi connectivity index (χ4n) is 1.23. The number of aliphatic hydroxyl groups is 4. The number of Topliss-reactive ketones (excluding diaryl/α,β-unsaturated/α-hetero) is 1. The number of carbonyl (C=O) groups excluding carboxylic acids is 1. The van der Waals surface area contributed by atoms with Crippen molar-refractivity contribution in [3.8, 4) is 0 Å². The molecule has 6 nitrogen and oxygen atoms in total. The highest BCUT2D eigenvalue weighted by Crippen LogP contribution is 2.05. The smallest absolute Gasteiger partial charge is 0.164 e. The predicted molar refractivity (Wildman–Crippen MR) is 57.9 cm³/mol. The Labute approximate surface area is 95.1 Å². The summed E-state index contributed by atoms with van der Waals surface area (Å²) in [5.41, 5.74) is 0. The van der Waals surface area contributed by atoms with E-state index in [9.17, 15) is 15.0 Å². The average molecular weight is 235 g/mol. The van der Waals surface area contributed by atoms with Crippen molar-refractivity contribution in [2.45, 2.75) is 31.2 Å². The number of rotatable bonds is 8. The molecule has 0 saturated heterocycles. The lowest BCUT2D eigenvalue weighted by atomic mass is 10.0. The van der Waals surface area contributed by atoms with Gasteiger partial charge in [0.2, 0.25) is 0 Å². The summed E-state index contributed by atoms with van der Waals surface area (Å²) in [5, 5.41) is 36.2. The van der Waals surface area contributed by atoms with E-state index in [1.165, 1.54) is 0 Å². The topological polar surface area (TPSA) is 101 Å². The van der Waals surface area contributed by atoms with E-state index in [1.54, 1.807) is 0 Å². The lowest BCUT2D eigenvalue weighted by Crippen LogP contribution is -2.43. The second-order valence-electron chi connectivity index (χ2n) is 4.06. The van der Waals surface area contributed by atoms with E-state index in [0.29, 0.717) is 13.0 Å². The molecule has 96 valence electrons. The molecule has 0 bridgehead atoms. The Kier molecular flexibility index (Phi) is 7.44. The van der Waals surface area contributed by atoms with Gasteiger partial charge in [0.25, 0.3) is 0 Å². The number of hydrogen-bond acceptors (Lipinski definition) is 6. The summed E-state index contributed by atoms with van der Waals surface area (Å²) in [6.45, 7) is 0.0142. The monoisotopic (exact) mass is 235 g/mol. The van der Waals surface area contributed by atoms with Crippen LogP contribution in [0.4, 0.5) is 0 Å². The Morgan fingerprint density at radius 3 is 2.25 bits per heavy atom. The number of aliphatic hydroxyl groups excluding tert-OH is 4. The number of carbonyl (C=O) groups is 1. The van der Waals surface area contributed by atoms with Crippen LogP contribution < -0.4 is 0 Å². The van der Waals surface area contributed by atoms with Gasteiger partial charge in [0.1, 0.15) is 18.3 Å². The van der Waals surface area contributed by atoms with Crippen molar-refractivity contribution < 1.29 is 25.2 Å². The quantitative estimate of drug-likeness (QED) is 0.387. The van der Waals surface area contributed by atoms with E-state index in [-0.39, 0.29) is 6.42 Å². The fraction of sp³-hybridized carbons (Fsp3) is 0.900. The highest BCUT2D eigenvalue weighted by atomic mass is 16.4. The third-order valence-electron chi connectivity index (χ3n) is 2.26. The van der Waals surface area contributed by atoms with Gasteiger partial charge >= 0.3 is 0 Å². The molecule has 0 aromatic heterocycles. The van der Waals surface area contributed by atoms with Crippen LogP contribution in [0.1, 0.15) is 12.8 Å². The second-order valence-corrected chi connectivity index (χ2v) is 4.06. The van der Waals surface area contributed by atoms with E-state index in [4.69, 9.17) is 10.2 Å². The normalized spacial score (nSPS) is 17.2. The van der Waals surface area contributed by atoms with Crippen LogP contribution in [0.5, 0.6) is 0 Å². The largest absolute Gasteiger partial charge is 0.394 e. The molecule has 0 aliphatic rings. The highest BCUT2D eigenvalue weighted by molar-refractivity contribution is 5.83. The number of ketones is 1. The summed E-state index contributed by atoms with van der Waals surface area (Å²) in [7, 11) is 3.73. The van der Waals surface area contributed by atoms with Gasteiger partial charge in [0.05, 0.1) is 6.61 Å². The van der Waals surface area contributed by atoms with Crippen LogP contribution in [0, 0.1) is 0 Å². The van der Waals surface area contributed by atoms with Gasteiger partial charge in [-0.2, -0.15) is 0 Å². The molecule has 0 rings (SSSR count). The van der Waals surface area contributed by atoms with Gasteiger partial charge in [-0.25, -0.2) is 0 Å². The van der Waals surface area contributed by atoms with E-state index in [2.05, 4.69) is 0 Å². The second kappa shape index (κ2) is 7.70. The molecule has 0 amide bonds. The third kappa shape index (κ3) is 5.53. The maximum atomic E-state index is 11.4. The van der Waals surface area contributed by atoms with E-state index < -0.39 is 30.7 Å². The van der Waals surface area contributed by atoms with Crippen molar-refractivity contribution in [2.24, 2.45) is 0 Å². The molecular formula is C10H21NO5. The highest BCUT2D eigenvalue weighted by Gasteiger charge is 2.29. The maximum Gasteiger partial charge on any atom is 0.164 e. The van der Waals surface area contributed by atoms with Gasteiger partial charge in [-0.15, -0.1) is 0 Å². The average Bonchev–Trinajstić information content (AvgIpc) is 2.25. The van der Waals surface area contributed by atoms with Gasteiger partial charge in [-0.3, -0.25) is 4.79 Å². The molecule has 4 N–H and O–H groups in total. The first kappa shape index (κ1) is 15.5. The minimum atomic E-state index is -1.63. The fourth-order valence-corrected chi connectivity index (χ4v) is 1.23. The summed E-state index contributed by atoms with van der Waals surface area (Å²) in [4.78, 5) is 13.3. The molecule has 0 aromatic carbocycles. The van der Waals surface area contributed by atoms with E-state index in [1.807, 2.05) is 19.0 Å². The molecule has 0 spiro atoms. The Hall–Kier alpha value is -0.530. The zero-order valence-electron chi connectivity index (χ0n) is 9.70. The van der Waals surface area contributed by atoms with Crippen LogP contribution in [0.25, 0.3) is 0 Å². The molecule has 3 atom stereocenters. The molecule has 16 heavy (non-hydrogen) atoms. The van der Waals surface area contributed by atoms with Crippen LogP contribution in [0.3, 0.4) is 0 Å². The molecule has 0 unspecified atom stereocenters. The molecule has 0 radical (unpaired) electrons. The summed E-state index contributed by atoms with van der Waals surface area (Å²) in [6, 6.07) is 0. The minimum Gasteiger partial charge on any atom is -0.394 e. The Balaban J connectivity index is 3.98. The summed E-state index contributed by atoms with van der Waals surface area (Å²) < 4.78 is 0. The molecule has 0 saturated carbocycles. The molecule has 0 aromatic rings. The van der Waals surface area contributed by atoms with Gasteiger partial charge in [-0.05, 0) is 27.1 Å². The first-order valence-electron chi connectivity index (χ1n) is 5.22. The number of hydrogen-bond donors (Lipinski definition) is 4. The van der Waals surface area contributed by atoms with Crippen molar-refractivity contribution in [3.05, 3.63) is 0 Å². The van der Waals surface area contributed by atoms with Crippen molar-refractivity contribution in [2.75, 3.05) is 27.2 Å².